The lowest BCUT2D eigenvalue weighted by molar-refractivity contribution is 0.504. The van der Waals surface area contributed by atoms with E-state index in [2.05, 4.69) is 5.73 Å². The van der Waals surface area contributed by atoms with Gasteiger partial charge in [0.25, 0.3) is 0 Å². The molecule has 1 aliphatic rings. The van der Waals surface area contributed by atoms with Crippen LogP contribution in [0, 0.1) is 0 Å². The van der Waals surface area contributed by atoms with Crippen molar-refractivity contribution in [3.63, 3.8) is 0 Å². The summed E-state index contributed by atoms with van der Waals surface area (Å²) in [6, 6.07) is 0. The first-order valence-electron chi connectivity index (χ1n) is 4.58. The standard InChI is InChI=1S/C6H12.C2H6.CH5N.H2/c1-2-4-6-5-3-1;2*1-2;/h1-6H2;1-2H3;2H2,1H3;1H. The molecular formula is C9H25N. The van der Waals surface area contributed by atoms with Gasteiger partial charge < -0.3 is 5.73 Å². The van der Waals surface area contributed by atoms with Crippen molar-refractivity contribution in [3.8, 4) is 0 Å². The predicted molar refractivity (Wildman–Crippen MR) is 51.3 cm³/mol. The molecule has 0 aromatic carbocycles. The molecule has 10 heavy (non-hydrogen) atoms. The lowest BCUT2D eigenvalue weighted by Gasteiger charge is -2.05. The van der Waals surface area contributed by atoms with E-state index < -0.39 is 0 Å². The molecule has 0 bridgehead atoms. The monoisotopic (exact) mass is 147 g/mol. The van der Waals surface area contributed by atoms with Gasteiger partial charge in [-0.3, -0.25) is 0 Å². The van der Waals surface area contributed by atoms with E-state index in [0.29, 0.717) is 0 Å². The molecule has 1 aliphatic carbocycles. The van der Waals surface area contributed by atoms with Gasteiger partial charge >= 0.3 is 0 Å². The molecule has 2 N–H and O–H groups in total. The molecule has 0 aromatic rings. The van der Waals surface area contributed by atoms with Gasteiger partial charge in [-0.2, -0.15) is 0 Å². The molecule has 0 spiro atoms. The minimum Gasteiger partial charge on any atom is -0.333 e. The highest BCUT2D eigenvalue weighted by molar-refractivity contribution is 4.51. The molecule has 0 heterocycles. The summed E-state index contributed by atoms with van der Waals surface area (Å²) in [6.45, 7) is 4.00. The molecule has 0 saturated heterocycles. The minimum atomic E-state index is 0. The van der Waals surface area contributed by atoms with E-state index in [1.807, 2.05) is 13.8 Å². The highest BCUT2D eigenvalue weighted by atomic mass is 14.4. The van der Waals surface area contributed by atoms with Crippen molar-refractivity contribution < 1.29 is 1.43 Å². The molecule has 66 valence electrons. The number of nitrogens with two attached hydrogens (primary N) is 1. The first-order valence-corrected chi connectivity index (χ1v) is 4.58. The number of hydrogen-bond donors (Lipinski definition) is 1. The van der Waals surface area contributed by atoms with Gasteiger partial charge in [0, 0.05) is 1.43 Å². The third-order valence-corrected chi connectivity index (χ3v) is 1.50. The maximum absolute atomic E-state index is 4.50. The van der Waals surface area contributed by atoms with E-state index in [1.165, 1.54) is 45.6 Å². The summed E-state index contributed by atoms with van der Waals surface area (Å²) in [6.07, 6.45) is 9.00. The summed E-state index contributed by atoms with van der Waals surface area (Å²) < 4.78 is 0. The second-order valence-corrected chi connectivity index (χ2v) is 2.12. The lowest BCUT2D eigenvalue weighted by atomic mass is 10.0. The largest absolute Gasteiger partial charge is 0.333 e. The van der Waals surface area contributed by atoms with Gasteiger partial charge in [-0.1, -0.05) is 52.4 Å². The third-order valence-electron chi connectivity index (χ3n) is 1.50. The van der Waals surface area contributed by atoms with Crippen molar-refractivity contribution in [2.24, 2.45) is 5.73 Å². The van der Waals surface area contributed by atoms with Crippen LogP contribution in [0.1, 0.15) is 53.8 Å². The number of rotatable bonds is 0. The van der Waals surface area contributed by atoms with Crippen molar-refractivity contribution in [1.29, 1.82) is 0 Å². The molecule has 0 atom stereocenters. The van der Waals surface area contributed by atoms with Crippen LogP contribution < -0.4 is 5.73 Å². The van der Waals surface area contributed by atoms with Crippen LogP contribution in [0.4, 0.5) is 0 Å². The Morgan fingerprint density at radius 3 is 0.900 bits per heavy atom. The summed E-state index contributed by atoms with van der Waals surface area (Å²) >= 11 is 0. The summed E-state index contributed by atoms with van der Waals surface area (Å²) in [5.74, 6) is 0. The quantitative estimate of drug-likeness (QED) is 0.559. The summed E-state index contributed by atoms with van der Waals surface area (Å²) in [5, 5.41) is 0. The van der Waals surface area contributed by atoms with Gasteiger partial charge in [-0.25, -0.2) is 0 Å². The SMILES string of the molecule is C1CCCCC1.CC.CN.[HH]. The molecule has 1 nitrogen and oxygen atoms in total. The van der Waals surface area contributed by atoms with Crippen LogP contribution in [-0.4, -0.2) is 7.05 Å². The zero-order chi connectivity index (χ0) is 8.24. The smallest absolute Gasteiger partial charge is 0 e. The molecule has 0 aromatic heterocycles. The summed E-state index contributed by atoms with van der Waals surface area (Å²) in [5.41, 5.74) is 4.50. The van der Waals surface area contributed by atoms with Gasteiger partial charge in [0.1, 0.15) is 0 Å². The van der Waals surface area contributed by atoms with Crippen molar-refractivity contribution in [2.45, 2.75) is 52.4 Å². The van der Waals surface area contributed by atoms with Gasteiger partial charge in [0.15, 0.2) is 0 Å². The molecule has 1 rings (SSSR count). The van der Waals surface area contributed by atoms with Crippen molar-refractivity contribution in [2.75, 3.05) is 7.05 Å². The highest BCUT2D eigenvalue weighted by Crippen LogP contribution is 2.15. The molecule has 0 amide bonds. The van der Waals surface area contributed by atoms with Gasteiger partial charge in [-0.05, 0) is 7.05 Å². The molecule has 1 heteroatoms. The highest BCUT2D eigenvalue weighted by Gasteiger charge is 1.95. The molecule has 1 saturated carbocycles. The number of hydrogen-bond acceptors (Lipinski definition) is 1. The van der Waals surface area contributed by atoms with Crippen LogP contribution in [0.25, 0.3) is 0 Å². The van der Waals surface area contributed by atoms with Crippen LogP contribution in [0.3, 0.4) is 0 Å². The van der Waals surface area contributed by atoms with Crippen LogP contribution >= 0.6 is 0 Å². The fourth-order valence-electron chi connectivity index (χ4n) is 1.06. The first kappa shape index (κ1) is 12.6. The van der Waals surface area contributed by atoms with Crippen LogP contribution in [0.2, 0.25) is 0 Å². The lowest BCUT2D eigenvalue weighted by Crippen LogP contribution is -1.85. The van der Waals surface area contributed by atoms with E-state index >= 15 is 0 Å². The first-order chi connectivity index (χ1) is 5.00. The molecular weight excluding hydrogens is 122 g/mol. The van der Waals surface area contributed by atoms with Gasteiger partial charge in [0.2, 0.25) is 0 Å². The van der Waals surface area contributed by atoms with E-state index in [1.54, 1.807) is 0 Å². The van der Waals surface area contributed by atoms with Crippen LogP contribution in [0.15, 0.2) is 0 Å². The maximum atomic E-state index is 4.50. The fourth-order valence-corrected chi connectivity index (χ4v) is 1.06. The minimum absolute atomic E-state index is 0. The maximum Gasteiger partial charge on any atom is 0 e. The van der Waals surface area contributed by atoms with Gasteiger partial charge in [-0.15, -0.1) is 0 Å². The second-order valence-electron chi connectivity index (χ2n) is 2.12. The Morgan fingerprint density at radius 2 is 0.800 bits per heavy atom. The van der Waals surface area contributed by atoms with E-state index in [9.17, 15) is 0 Å². The Hall–Kier alpha value is -0.0400. The molecule has 0 unspecified atom stereocenters. The third kappa shape index (κ3) is 10.9. The molecule has 0 aliphatic heterocycles. The Kier molecular flexibility index (Phi) is 20.2. The van der Waals surface area contributed by atoms with E-state index in [4.69, 9.17) is 0 Å². The Labute approximate surface area is 67.5 Å². The zero-order valence-corrected chi connectivity index (χ0v) is 7.82. The predicted octanol–water partition coefficient (Wildman–Crippen LogP) is 3.19. The zero-order valence-electron chi connectivity index (χ0n) is 7.82. The van der Waals surface area contributed by atoms with Crippen molar-refractivity contribution >= 4 is 0 Å². The average molecular weight is 147 g/mol. The van der Waals surface area contributed by atoms with Crippen LogP contribution in [-0.2, 0) is 0 Å². The Balaban J connectivity index is -0.000000114. The average Bonchev–Trinajstić information content (AvgIpc) is 2.14. The topological polar surface area (TPSA) is 26.0 Å². The normalized spacial score (nSPS) is 15.6. The molecule has 0 radical (unpaired) electrons. The van der Waals surface area contributed by atoms with E-state index in [-0.39, 0.29) is 1.43 Å². The van der Waals surface area contributed by atoms with E-state index in [0.717, 1.165) is 0 Å². The fraction of sp³-hybridized carbons (Fsp3) is 1.00. The Morgan fingerprint density at radius 1 is 0.700 bits per heavy atom. The summed E-state index contributed by atoms with van der Waals surface area (Å²) in [7, 11) is 1.50. The van der Waals surface area contributed by atoms with Gasteiger partial charge in [0.05, 0.1) is 0 Å². The van der Waals surface area contributed by atoms with Crippen molar-refractivity contribution in [1.82, 2.24) is 0 Å². The molecule has 1 fully saturated rings. The Bertz CT molecular complexity index is 25.0. The van der Waals surface area contributed by atoms with Crippen LogP contribution in [0.5, 0.6) is 0 Å². The second kappa shape index (κ2) is 16.0. The summed E-state index contributed by atoms with van der Waals surface area (Å²) in [4.78, 5) is 0. The van der Waals surface area contributed by atoms with Crippen molar-refractivity contribution in [3.05, 3.63) is 0 Å².